The first-order chi connectivity index (χ1) is 13.6. The van der Waals surface area contributed by atoms with E-state index in [0.717, 1.165) is 5.69 Å². The number of para-hydroxylation sites is 1. The van der Waals surface area contributed by atoms with Crippen LogP contribution in [0.25, 0.3) is 0 Å². The van der Waals surface area contributed by atoms with Gasteiger partial charge in [-0.3, -0.25) is 0 Å². The summed E-state index contributed by atoms with van der Waals surface area (Å²) < 4.78 is 15.7. The van der Waals surface area contributed by atoms with Crippen LogP contribution in [0.15, 0.2) is 42.5 Å². The van der Waals surface area contributed by atoms with Crippen LogP contribution in [0.3, 0.4) is 0 Å². The van der Waals surface area contributed by atoms with E-state index in [1.165, 1.54) is 12.1 Å². The second-order valence-electron chi connectivity index (χ2n) is 5.69. The maximum atomic E-state index is 12.3. The van der Waals surface area contributed by atoms with Gasteiger partial charge < -0.3 is 25.3 Å². The molecule has 1 aromatic heterocycles. The van der Waals surface area contributed by atoms with Crippen molar-refractivity contribution >= 4 is 35.2 Å². The second kappa shape index (κ2) is 7.57. The standard InChI is InChI=1S/C18H14ClN5O4/c19-12-6-10(7-13-15(12)28-9-27-13)16(25)26-8-14-22-17(20)24-18(23-14)21-11-4-2-1-3-5-11/h1-7H,8-9H2,(H3,20,21,22,23,24). The topological polar surface area (TPSA) is 121 Å². The minimum absolute atomic E-state index is 0.00519. The molecular formula is C18H14ClN5O4. The van der Waals surface area contributed by atoms with Crippen LogP contribution in [0.5, 0.6) is 11.5 Å². The van der Waals surface area contributed by atoms with Gasteiger partial charge in [0.2, 0.25) is 18.7 Å². The van der Waals surface area contributed by atoms with E-state index in [4.69, 9.17) is 31.5 Å². The number of nitrogen functional groups attached to an aromatic ring is 1. The van der Waals surface area contributed by atoms with E-state index in [0.29, 0.717) is 11.5 Å². The highest BCUT2D eigenvalue weighted by atomic mass is 35.5. The molecule has 0 spiro atoms. The first-order valence-electron chi connectivity index (χ1n) is 8.17. The lowest BCUT2D eigenvalue weighted by atomic mass is 10.2. The number of nitrogens with zero attached hydrogens (tertiary/aromatic N) is 3. The number of hydrogen-bond acceptors (Lipinski definition) is 9. The molecule has 2 heterocycles. The van der Waals surface area contributed by atoms with Crippen molar-refractivity contribution in [1.82, 2.24) is 15.0 Å². The largest absolute Gasteiger partial charge is 0.454 e. The van der Waals surface area contributed by atoms with Gasteiger partial charge in [-0.05, 0) is 24.3 Å². The highest BCUT2D eigenvalue weighted by Crippen LogP contribution is 2.39. The Morgan fingerprint density at radius 3 is 2.82 bits per heavy atom. The molecule has 0 saturated carbocycles. The minimum atomic E-state index is -0.614. The summed E-state index contributed by atoms with van der Waals surface area (Å²) in [6.07, 6.45) is 0. The van der Waals surface area contributed by atoms with Crippen LogP contribution in [-0.2, 0) is 11.3 Å². The molecule has 0 saturated heterocycles. The lowest BCUT2D eigenvalue weighted by Crippen LogP contribution is -2.11. The number of rotatable bonds is 5. The van der Waals surface area contributed by atoms with E-state index in [2.05, 4.69) is 20.3 Å². The molecule has 0 bridgehead atoms. The zero-order chi connectivity index (χ0) is 19.5. The molecule has 2 aromatic carbocycles. The van der Waals surface area contributed by atoms with Gasteiger partial charge >= 0.3 is 5.97 Å². The van der Waals surface area contributed by atoms with Gasteiger partial charge in [-0.2, -0.15) is 15.0 Å². The summed E-state index contributed by atoms with van der Waals surface area (Å²) >= 11 is 6.08. The van der Waals surface area contributed by atoms with E-state index in [1.54, 1.807) is 0 Å². The van der Waals surface area contributed by atoms with E-state index in [1.807, 2.05) is 30.3 Å². The molecule has 0 atom stereocenters. The van der Waals surface area contributed by atoms with Crippen molar-refractivity contribution in [2.45, 2.75) is 6.61 Å². The van der Waals surface area contributed by atoms with Crippen molar-refractivity contribution in [2.75, 3.05) is 17.8 Å². The summed E-state index contributed by atoms with van der Waals surface area (Å²) in [7, 11) is 0. The third kappa shape index (κ3) is 3.89. The number of esters is 1. The summed E-state index contributed by atoms with van der Waals surface area (Å²) in [5, 5.41) is 3.27. The SMILES string of the molecule is Nc1nc(COC(=O)c2cc(Cl)c3c(c2)OCO3)nc(Nc2ccccc2)n1. The quantitative estimate of drug-likeness (QED) is 0.623. The number of fused-ring (bicyclic) bond motifs is 1. The Morgan fingerprint density at radius 1 is 1.18 bits per heavy atom. The van der Waals surface area contributed by atoms with Crippen LogP contribution < -0.4 is 20.5 Å². The van der Waals surface area contributed by atoms with E-state index in [9.17, 15) is 4.79 Å². The first-order valence-corrected chi connectivity index (χ1v) is 8.55. The van der Waals surface area contributed by atoms with Gasteiger partial charge in [-0.25, -0.2) is 4.79 Å². The Hall–Kier alpha value is -3.59. The van der Waals surface area contributed by atoms with Crippen molar-refractivity contribution in [3.63, 3.8) is 0 Å². The molecule has 0 amide bonds. The van der Waals surface area contributed by atoms with Crippen molar-refractivity contribution < 1.29 is 19.0 Å². The van der Waals surface area contributed by atoms with Gasteiger partial charge in [0.15, 0.2) is 23.9 Å². The highest BCUT2D eigenvalue weighted by molar-refractivity contribution is 6.32. The molecule has 9 nitrogen and oxygen atoms in total. The molecular weight excluding hydrogens is 386 g/mol. The predicted octanol–water partition coefficient (Wildman–Crippen LogP) is 2.94. The molecule has 1 aliphatic rings. The highest BCUT2D eigenvalue weighted by Gasteiger charge is 2.21. The van der Waals surface area contributed by atoms with E-state index >= 15 is 0 Å². The zero-order valence-corrected chi connectivity index (χ0v) is 15.1. The Labute approximate surface area is 164 Å². The molecule has 0 fully saturated rings. The first kappa shape index (κ1) is 17.8. The van der Waals surface area contributed by atoms with Crippen molar-refractivity contribution in [3.05, 3.63) is 58.9 Å². The minimum Gasteiger partial charge on any atom is -0.454 e. The van der Waals surface area contributed by atoms with Gasteiger partial charge in [-0.1, -0.05) is 29.8 Å². The summed E-state index contributed by atoms with van der Waals surface area (Å²) in [5.41, 5.74) is 6.73. The molecule has 142 valence electrons. The van der Waals surface area contributed by atoms with Gasteiger partial charge in [0.25, 0.3) is 0 Å². The van der Waals surface area contributed by atoms with Gasteiger partial charge in [0, 0.05) is 5.69 Å². The maximum absolute atomic E-state index is 12.3. The summed E-state index contributed by atoms with van der Waals surface area (Å²) in [5.74, 6) is 0.627. The number of benzene rings is 2. The fourth-order valence-electron chi connectivity index (χ4n) is 2.51. The van der Waals surface area contributed by atoms with Crippen LogP contribution in [0, 0.1) is 0 Å². The lowest BCUT2D eigenvalue weighted by Gasteiger charge is -2.08. The Morgan fingerprint density at radius 2 is 2.00 bits per heavy atom. The maximum Gasteiger partial charge on any atom is 0.338 e. The molecule has 0 radical (unpaired) electrons. The van der Waals surface area contributed by atoms with E-state index < -0.39 is 5.97 Å². The average Bonchev–Trinajstić information content (AvgIpc) is 3.16. The number of carbonyl (C=O) groups is 1. The fourth-order valence-corrected chi connectivity index (χ4v) is 2.77. The Balaban J connectivity index is 1.46. The molecule has 4 rings (SSSR count). The van der Waals surface area contributed by atoms with Gasteiger partial charge in [0.1, 0.15) is 0 Å². The molecule has 3 N–H and O–H groups in total. The number of ether oxygens (including phenoxy) is 3. The second-order valence-corrected chi connectivity index (χ2v) is 6.10. The van der Waals surface area contributed by atoms with Crippen LogP contribution in [0.2, 0.25) is 5.02 Å². The van der Waals surface area contributed by atoms with Crippen LogP contribution >= 0.6 is 11.6 Å². The summed E-state index contributed by atoms with van der Waals surface area (Å²) in [6.45, 7) is -0.143. The number of halogens is 1. The summed E-state index contributed by atoms with van der Waals surface area (Å²) in [6, 6.07) is 12.3. The van der Waals surface area contributed by atoms with Crippen LogP contribution in [0.1, 0.15) is 16.2 Å². The zero-order valence-electron chi connectivity index (χ0n) is 14.4. The molecule has 0 unspecified atom stereocenters. The van der Waals surface area contributed by atoms with E-state index in [-0.39, 0.29) is 41.7 Å². The van der Waals surface area contributed by atoms with Crippen LogP contribution in [-0.4, -0.2) is 27.7 Å². The van der Waals surface area contributed by atoms with Crippen LogP contribution in [0.4, 0.5) is 17.6 Å². The molecule has 10 heteroatoms. The summed E-state index contributed by atoms with van der Waals surface area (Å²) in [4.78, 5) is 24.5. The third-order valence-corrected chi connectivity index (χ3v) is 4.00. The molecule has 1 aliphatic heterocycles. The molecule has 0 aliphatic carbocycles. The third-order valence-electron chi connectivity index (χ3n) is 3.72. The van der Waals surface area contributed by atoms with Gasteiger partial charge in [0.05, 0.1) is 10.6 Å². The van der Waals surface area contributed by atoms with Gasteiger partial charge in [-0.15, -0.1) is 0 Å². The number of nitrogens with two attached hydrogens (primary N) is 1. The monoisotopic (exact) mass is 399 g/mol. The average molecular weight is 400 g/mol. The number of nitrogens with one attached hydrogen (secondary N) is 1. The number of aromatic nitrogens is 3. The Bertz CT molecular complexity index is 1030. The lowest BCUT2D eigenvalue weighted by molar-refractivity contribution is 0.0462. The number of hydrogen-bond donors (Lipinski definition) is 2. The Kier molecular flexibility index (Phi) is 4.81. The normalized spacial score (nSPS) is 11.9. The number of anilines is 3. The number of carbonyl (C=O) groups excluding carboxylic acids is 1. The van der Waals surface area contributed by atoms with Crippen molar-refractivity contribution in [3.8, 4) is 11.5 Å². The smallest absolute Gasteiger partial charge is 0.338 e. The predicted molar refractivity (Wildman–Crippen MR) is 101 cm³/mol. The van der Waals surface area contributed by atoms with Crippen molar-refractivity contribution in [1.29, 1.82) is 0 Å². The molecule has 3 aromatic rings. The fraction of sp³-hybridized carbons (Fsp3) is 0.111. The molecule has 28 heavy (non-hydrogen) atoms. The van der Waals surface area contributed by atoms with Crippen molar-refractivity contribution in [2.24, 2.45) is 0 Å².